The number of para-hydroxylation sites is 1. The Hall–Kier alpha value is -2.61. The second-order valence-electron chi connectivity index (χ2n) is 4.46. The summed E-state index contributed by atoms with van der Waals surface area (Å²) in [6.07, 6.45) is 0.314. The molecule has 0 atom stereocenters. The van der Waals surface area contributed by atoms with Gasteiger partial charge < -0.3 is 10.2 Å². The molecule has 0 bridgehead atoms. The van der Waals surface area contributed by atoms with E-state index in [1.165, 1.54) is 4.90 Å². The third-order valence-corrected chi connectivity index (χ3v) is 3.11. The molecule has 5 nitrogen and oxygen atoms in total. The SMILES string of the molecule is CNc1cc(C(=O)N(C)CCC#N)nc2ccccc12. The smallest absolute Gasteiger partial charge is 0.272 e. The van der Waals surface area contributed by atoms with Gasteiger partial charge in [0, 0.05) is 31.7 Å². The Morgan fingerprint density at radius 2 is 2.20 bits per heavy atom. The average molecular weight is 268 g/mol. The molecule has 1 amide bonds. The van der Waals surface area contributed by atoms with Crippen molar-refractivity contribution in [3.05, 3.63) is 36.0 Å². The van der Waals surface area contributed by atoms with Crippen LogP contribution in [-0.2, 0) is 0 Å². The zero-order valence-corrected chi connectivity index (χ0v) is 11.6. The minimum atomic E-state index is -0.178. The fourth-order valence-electron chi connectivity index (χ4n) is 2.01. The molecule has 0 saturated heterocycles. The first-order valence-electron chi connectivity index (χ1n) is 6.37. The highest BCUT2D eigenvalue weighted by molar-refractivity contribution is 5.99. The van der Waals surface area contributed by atoms with Crippen molar-refractivity contribution < 1.29 is 4.79 Å². The van der Waals surface area contributed by atoms with E-state index in [1.807, 2.05) is 37.4 Å². The normalized spacial score (nSPS) is 10.1. The maximum Gasteiger partial charge on any atom is 0.272 e. The lowest BCUT2D eigenvalue weighted by atomic mass is 10.1. The first-order valence-corrected chi connectivity index (χ1v) is 6.37. The Labute approximate surface area is 117 Å². The highest BCUT2D eigenvalue weighted by Gasteiger charge is 2.15. The molecular weight excluding hydrogens is 252 g/mol. The molecule has 0 aliphatic carbocycles. The maximum atomic E-state index is 12.3. The van der Waals surface area contributed by atoms with Crippen molar-refractivity contribution in [1.29, 1.82) is 5.26 Å². The first-order chi connectivity index (χ1) is 9.67. The van der Waals surface area contributed by atoms with Crippen LogP contribution in [0.5, 0.6) is 0 Å². The summed E-state index contributed by atoms with van der Waals surface area (Å²) in [5.41, 5.74) is 2.03. The number of rotatable bonds is 4. The standard InChI is InChI=1S/C15H16N4O/c1-17-13-10-14(15(20)19(2)9-5-8-16)18-12-7-4-3-6-11(12)13/h3-4,6-7,10H,5,9H2,1-2H3,(H,17,18). The number of nitriles is 1. The van der Waals surface area contributed by atoms with Crippen LogP contribution >= 0.6 is 0 Å². The van der Waals surface area contributed by atoms with Crippen molar-refractivity contribution in [2.45, 2.75) is 6.42 Å². The summed E-state index contributed by atoms with van der Waals surface area (Å²) in [4.78, 5) is 18.2. The van der Waals surface area contributed by atoms with Gasteiger partial charge in [0.2, 0.25) is 0 Å². The number of pyridine rings is 1. The van der Waals surface area contributed by atoms with Crippen LogP contribution in [0.3, 0.4) is 0 Å². The van der Waals surface area contributed by atoms with Crippen molar-refractivity contribution in [3.63, 3.8) is 0 Å². The molecule has 0 spiro atoms. The lowest BCUT2D eigenvalue weighted by molar-refractivity contribution is 0.0792. The zero-order valence-electron chi connectivity index (χ0n) is 11.6. The molecule has 2 rings (SSSR count). The van der Waals surface area contributed by atoms with Gasteiger partial charge in [0.05, 0.1) is 18.0 Å². The molecule has 102 valence electrons. The van der Waals surface area contributed by atoms with Crippen LogP contribution in [0.4, 0.5) is 5.69 Å². The summed E-state index contributed by atoms with van der Waals surface area (Å²) >= 11 is 0. The fraction of sp³-hybridized carbons (Fsp3) is 0.267. The number of aromatic nitrogens is 1. The number of hydrogen-bond acceptors (Lipinski definition) is 4. The minimum absolute atomic E-state index is 0.178. The average Bonchev–Trinajstić information content (AvgIpc) is 2.50. The number of hydrogen-bond donors (Lipinski definition) is 1. The molecule has 0 fully saturated rings. The summed E-state index contributed by atoms with van der Waals surface area (Å²) in [5, 5.41) is 12.6. The predicted octanol–water partition coefficient (Wildman–Crippen LogP) is 2.26. The molecule has 0 unspecified atom stereocenters. The molecule has 0 aliphatic heterocycles. The van der Waals surface area contributed by atoms with Gasteiger partial charge in [0.15, 0.2) is 0 Å². The van der Waals surface area contributed by atoms with Crippen molar-refractivity contribution in [2.75, 3.05) is 26.0 Å². The van der Waals surface area contributed by atoms with Crippen LogP contribution < -0.4 is 5.32 Å². The molecule has 0 saturated carbocycles. The number of nitrogens with one attached hydrogen (secondary N) is 1. The van der Waals surface area contributed by atoms with Crippen LogP contribution in [0.2, 0.25) is 0 Å². The number of benzene rings is 1. The second kappa shape index (κ2) is 6.02. The van der Waals surface area contributed by atoms with E-state index in [1.54, 1.807) is 13.1 Å². The minimum Gasteiger partial charge on any atom is -0.388 e. The molecule has 1 aromatic heterocycles. The van der Waals surface area contributed by atoms with Crippen LogP contribution in [0.25, 0.3) is 10.9 Å². The van der Waals surface area contributed by atoms with Gasteiger partial charge in [-0.3, -0.25) is 4.79 Å². The topological polar surface area (TPSA) is 69.0 Å². The summed E-state index contributed by atoms with van der Waals surface area (Å²) in [6.45, 7) is 0.402. The van der Waals surface area contributed by atoms with Gasteiger partial charge in [-0.1, -0.05) is 18.2 Å². The molecule has 5 heteroatoms. The molecule has 1 aromatic carbocycles. The lowest BCUT2D eigenvalue weighted by Gasteiger charge is -2.16. The van der Waals surface area contributed by atoms with E-state index in [2.05, 4.69) is 10.3 Å². The Morgan fingerprint density at radius 1 is 1.45 bits per heavy atom. The maximum absolute atomic E-state index is 12.3. The Morgan fingerprint density at radius 3 is 2.90 bits per heavy atom. The van der Waals surface area contributed by atoms with E-state index in [-0.39, 0.29) is 5.91 Å². The van der Waals surface area contributed by atoms with Crippen LogP contribution in [0, 0.1) is 11.3 Å². The van der Waals surface area contributed by atoms with E-state index < -0.39 is 0 Å². The van der Waals surface area contributed by atoms with Gasteiger partial charge in [-0.05, 0) is 12.1 Å². The van der Waals surface area contributed by atoms with Gasteiger partial charge >= 0.3 is 0 Å². The molecule has 1 N–H and O–H groups in total. The second-order valence-corrected chi connectivity index (χ2v) is 4.46. The number of fused-ring (bicyclic) bond motifs is 1. The first kappa shape index (κ1) is 13.8. The number of nitrogens with zero attached hydrogens (tertiary/aromatic N) is 3. The molecule has 0 aliphatic rings. The Bertz CT molecular complexity index is 675. The third-order valence-electron chi connectivity index (χ3n) is 3.11. The third kappa shape index (κ3) is 2.69. The van der Waals surface area contributed by atoms with E-state index in [4.69, 9.17) is 5.26 Å². The lowest BCUT2D eigenvalue weighted by Crippen LogP contribution is -2.28. The molecule has 2 aromatic rings. The van der Waals surface area contributed by atoms with Crippen LogP contribution in [-0.4, -0.2) is 36.4 Å². The molecule has 0 radical (unpaired) electrons. The number of amides is 1. The van der Waals surface area contributed by atoms with E-state index >= 15 is 0 Å². The number of carbonyl (C=O) groups is 1. The number of anilines is 1. The van der Waals surface area contributed by atoms with Crippen LogP contribution in [0.1, 0.15) is 16.9 Å². The largest absolute Gasteiger partial charge is 0.388 e. The fourth-order valence-corrected chi connectivity index (χ4v) is 2.01. The Kier molecular flexibility index (Phi) is 4.16. The Balaban J connectivity index is 2.40. The summed E-state index contributed by atoms with van der Waals surface area (Å²) in [7, 11) is 3.49. The molecule has 20 heavy (non-hydrogen) atoms. The van der Waals surface area contributed by atoms with Gasteiger partial charge in [0.25, 0.3) is 5.91 Å². The molecule has 1 heterocycles. The van der Waals surface area contributed by atoms with Crippen molar-refractivity contribution in [1.82, 2.24) is 9.88 Å². The summed E-state index contributed by atoms with van der Waals surface area (Å²) in [5.74, 6) is -0.178. The predicted molar refractivity (Wildman–Crippen MR) is 78.5 cm³/mol. The monoisotopic (exact) mass is 268 g/mol. The van der Waals surface area contributed by atoms with Gasteiger partial charge in [-0.15, -0.1) is 0 Å². The van der Waals surface area contributed by atoms with Gasteiger partial charge in [-0.25, -0.2) is 4.98 Å². The van der Waals surface area contributed by atoms with Gasteiger partial charge in [0.1, 0.15) is 5.69 Å². The highest BCUT2D eigenvalue weighted by Crippen LogP contribution is 2.23. The van der Waals surface area contributed by atoms with Crippen molar-refractivity contribution in [2.24, 2.45) is 0 Å². The number of carbonyl (C=O) groups excluding carboxylic acids is 1. The van der Waals surface area contributed by atoms with Crippen LogP contribution in [0.15, 0.2) is 30.3 Å². The zero-order chi connectivity index (χ0) is 14.5. The quantitative estimate of drug-likeness (QED) is 0.923. The van der Waals surface area contributed by atoms with Crippen molar-refractivity contribution >= 4 is 22.5 Å². The van der Waals surface area contributed by atoms with Crippen molar-refractivity contribution in [3.8, 4) is 6.07 Å². The van der Waals surface area contributed by atoms with E-state index in [0.717, 1.165) is 16.6 Å². The van der Waals surface area contributed by atoms with Gasteiger partial charge in [-0.2, -0.15) is 5.26 Å². The van der Waals surface area contributed by atoms with E-state index in [9.17, 15) is 4.79 Å². The summed E-state index contributed by atoms with van der Waals surface area (Å²) in [6, 6.07) is 11.4. The molecular formula is C15H16N4O. The van der Waals surface area contributed by atoms with E-state index in [0.29, 0.717) is 18.7 Å². The summed E-state index contributed by atoms with van der Waals surface area (Å²) < 4.78 is 0. The highest BCUT2D eigenvalue weighted by atomic mass is 16.2.